The Morgan fingerprint density at radius 2 is 1.82 bits per heavy atom. The summed E-state index contributed by atoms with van der Waals surface area (Å²) in [6.45, 7) is 4.39. The van der Waals surface area contributed by atoms with E-state index in [1.807, 2.05) is 36.7 Å². The largest absolute Gasteiger partial charge is 0.493 e. The highest BCUT2D eigenvalue weighted by Crippen LogP contribution is 2.33. The van der Waals surface area contributed by atoms with E-state index in [4.69, 9.17) is 4.74 Å². The van der Waals surface area contributed by atoms with Crippen molar-refractivity contribution in [2.24, 2.45) is 0 Å². The van der Waals surface area contributed by atoms with E-state index in [0.717, 1.165) is 31.7 Å². The van der Waals surface area contributed by atoms with Crippen LogP contribution in [0.2, 0.25) is 0 Å². The Hall–Kier alpha value is -2.43. The molecule has 0 bridgehead atoms. The molecule has 1 fully saturated rings. The molecule has 1 N–H and O–H groups in total. The average Bonchev–Trinajstić information content (AvgIpc) is 2.75. The molecular weight excluding hydrogens is 348 g/mol. The van der Waals surface area contributed by atoms with Crippen molar-refractivity contribution in [2.75, 3.05) is 19.7 Å². The van der Waals surface area contributed by atoms with Gasteiger partial charge in [-0.25, -0.2) is 0 Å². The van der Waals surface area contributed by atoms with Gasteiger partial charge in [0, 0.05) is 37.3 Å². The zero-order valence-corrected chi connectivity index (χ0v) is 16.4. The number of pyridine rings is 1. The molecule has 2 aromatic carbocycles. The highest BCUT2D eigenvalue weighted by Gasteiger charge is 2.25. The summed E-state index contributed by atoms with van der Waals surface area (Å²) in [7, 11) is 0. The van der Waals surface area contributed by atoms with Crippen molar-refractivity contribution in [3.8, 4) is 5.75 Å². The van der Waals surface area contributed by atoms with Gasteiger partial charge in [-0.05, 0) is 48.8 Å². The third kappa shape index (κ3) is 4.34. The van der Waals surface area contributed by atoms with Gasteiger partial charge in [-0.2, -0.15) is 0 Å². The third-order valence-electron chi connectivity index (χ3n) is 5.76. The molecule has 0 radical (unpaired) electrons. The maximum absolute atomic E-state index is 10.6. The van der Waals surface area contributed by atoms with E-state index in [1.54, 1.807) is 0 Å². The predicted molar refractivity (Wildman–Crippen MR) is 113 cm³/mol. The fraction of sp³-hybridized carbons (Fsp3) is 0.375. The van der Waals surface area contributed by atoms with E-state index in [2.05, 4.69) is 41.1 Å². The maximum Gasteiger partial charge on any atom is 0.119 e. The Balaban J connectivity index is 1.29. The fourth-order valence-corrected chi connectivity index (χ4v) is 4.07. The molecule has 1 unspecified atom stereocenters. The summed E-state index contributed by atoms with van der Waals surface area (Å²) < 4.78 is 5.77. The van der Waals surface area contributed by atoms with E-state index in [1.165, 1.54) is 21.9 Å². The molecule has 4 nitrogen and oxygen atoms in total. The number of hydrogen-bond donors (Lipinski definition) is 1. The highest BCUT2D eigenvalue weighted by atomic mass is 16.5. The number of ether oxygens (including phenoxy) is 1. The van der Waals surface area contributed by atoms with E-state index in [-0.39, 0.29) is 0 Å². The van der Waals surface area contributed by atoms with Crippen LogP contribution in [0, 0.1) is 6.92 Å². The van der Waals surface area contributed by atoms with Crippen molar-refractivity contribution < 1.29 is 9.84 Å². The van der Waals surface area contributed by atoms with Crippen molar-refractivity contribution in [1.82, 2.24) is 9.88 Å². The minimum absolute atomic E-state index is 0.447. The van der Waals surface area contributed by atoms with E-state index < -0.39 is 6.23 Å². The Kier molecular flexibility index (Phi) is 5.89. The van der Waals surface area contributed by atoms with Gasteiger partial charge < -0.3 is 9.84 Å². The van der Waals surface area contributed by atoms with Crippen molar-refractivity contribution in [2.45, 2.75) is 38.3 Å². The van der Waals surface area contributed by atoms with Gasteiger partial charge >= 0.3 is 0 Å². The molecule has 1 aliphatic heterocycles. The normalized spacial score (nSPS) is 16.9. The quantitative estimate of drug-likeness (QED) is 0.687. The minimum Gasteiger partial charge on any atom is -0.493 e. The van der Waals surface area contributed by atoms with Crippen LogP contribution in [-0.2, 0) is 0 Å². The second kappa shape index (κ2) is 8.72. The first-order valence-electron chi connectivity index (χ1n) is 10.1. The van der Waals surface area contributed by atoms with Gasteiger partial charge in [-0.1, -0.05) is 42.0 Å². The number of hydrogen-bond acceptors (Lipinski definition) is 4. The standard InChI is InChI=1S/C24H28N2O2/c1-18-6-8-21(9-7-18)28-15-12-24(27)26-13-10-19(11-14-26)23-17-25-16-20-4-2-3-5-22(20)23/h2-9,16-17,19,24,27H,10-15H2,1H3. The Morgan fingerprint density at radius 1 is 1.07 bits per heavy atom. The summed E-state index contributed by atoms with van der Waals surface area (Å²) in [5.74, 6) is 1.37. The van der Waals surface area contributed by atoms with Gasteiger partial charge in [0.15, 0.2) is 0 Å². The third-order valence-corrected chi connectivity index (χ3v) is 5.76. The Bertz CT molecular complexity index is 897. The smallest absolute Gasteiger partial charge is 0.119 e. The molecular formula is C24H28N2O2. The topological polar surface area (TPSA) is 45.6 Å². The lowest BCUT2D eigenvalue weighted by Crippen LogP contribution is -2.41. The maximum atomic E-state index is 10.6. The van der Waals surface area contributed by atoms with Gasteiger partial charge in [0.2, 0.25) is 0 Å². The van der Waals surface area contributed by atoms with Gasteiger partial charge in [0.1, 0.15) is 12.0 Å². The van der Waals surface area contributed by atoms with Gasteiger partial charge in [0.05, 0.1) is 6.61 Å². The molecule has 0 aliphatic carbocycles. The summed E-state index contributed by atoms with van der Waals surface area (Å²) in [4.78, 5) is 6.61. The molecule has 3 aromatic rings. The first-order chi connectivity index (χ1) is 13.7. The number of rotatable bonds is 6. The molecule has 4 rings (SSSR count). The van der Waals surface area contributed by atoms with Crippen LogP contribution in [0.5, 0.6) is 5.75 Å². The molecule has 0 saturated carbocycles. The second-order valence-corrected chi connectivity index (χ2v) is 7.69. The summed E-state index contributed by atoms with van der Waals surface area (Å²) in [6.07, 6.45) is 6.23. The summed E-state index contributed by atoms with van der Waals surface area (Å²) in [6, 6.07) is 16.5. The van der Waals surface area contributed by atoms with Gasteiger partial charge in [0.25, 0.3) is 0 Å². The van der Waals surface area contributed by atoms with Gasteiger partial charge in [-0.15, -0.1) is 0 Å². The molecule has 28 heavy (non-hydrogen) atoms. The Labute approximate surface area is 166 Å². The number of piperidine rings is 1. The summed E-state index contributed by atoms with van der Waals surface area (Å²) >= 11 is 0. The SMILES string of the molecule is Cc1ccc(OCCC(O)N2CCC(c3cncc4ccccc34)CC2)cc1. The van der Waals surface area contributed by atoms with E-state index in [0.29, 0.717) is 18.9 Å². The number of likely N-dealkylation sites (tertiary alicyclic amines) is 1. The van der Waals surface area contributed by atoms with E-state index >= 15 is 0 Å². The van der Waals surface area contributed by atoms with Crippen LogP contribution < -0.4 is 4.74 Å². The zero-order chi connectivity index (χ0) is 19.3. The molecule has 1 saturated heterocycles. The molecule has 1 aromatic heterocycles. The summed E-state index contributed by atoms with van der Waals surface area (Å²) in [5.41, 5.74) is 2.56. The molecule has 2 heterocycles. The number of aliphatic hydroxyl groups is 1. The molecule has 0 spiro atoms. The molecule has 4 heteroatoms. The van der Waals surface area contributed by atoms with Crippen molar-refractivity contribution in [3.63, 3.8) is 0 Å². The number of nitrogens with zero attached hydrogens (tertiary/aromatic N) is 2. The first kappa shape index (κ1) is 18.9. The molecule has 1 atom stereocenters. The van der Waals surface area contributed by atoms with Crippen LogP contribution >= 0.6 is 0 Å². The first-order valence-corrected chi connectivity index (χ1v) is 10.1. The van der Waals surface area contributed by atoms with Crippen LogP contribution in [0.15, 0.2) is 60.9 Å². The number of aromatic nitrogens is 1. The zero-order valence-electron chi connectivity index (χ0n) is 16.4. The van der Waals surface area contributed by atoms with Crippen molar-refractivity contribution in [1.29, 1.82) is 0 Å². The number of aliphatic hydroxyl groups excluding tert-OH is 1. The second-order valence-electron chi connectivity index (χ2n) is 7.69. The highest BCUT2D eigenvalue weighted by molar-refractivity contribution is 5.85. The number of benzene rings is 2. The molecule has 146 valence electrons. The van der Waals surface area contributed by atoms with Crippen LogP contribution in [-0.4, -0.2) is 40.9 Å². The Morgan fingerprint density at radius 3 is 2.61 bits per heavy atom. The molecule has 0 amide bonds. The van der Waals surface area contributed by atoms with E-state index in [9.17, 15) is 5.11 Å². The van der Waals surface area contributed by atoms with Crippen molar-refractivity contribution in [3.05, 3.63) is 72.1 Å². The summed E-state index contributed by atoms with van der Waals surface area (Å²) in [5, 5.41) is 13.1. The van der Waals surface area contributed by atoms with Crippen LogP contribution in [0.25, 0.3) is 10.8 Å². The fourth-order valence-electron chi connectivity index (χ4n) is 4.07. The molecule has 1 aliphatic rings. The number of aryl methyl sites for hydroxylation is 1. The van der Waals surface area contributed by atoms with Gasteiger partial charge in [-0.3, -0.25) is 9.88 Å². The van der Waals surface area contributed by atoms with Crippen molar-refractivity contribution >= 4 is 10.8 Å². The predicted octanol–water partition coefficient (Wildman–Crippen LogP) is 4.51. The average molecular weight is 377 g/mol. The van der Waals surface area contributed by atoms with Crippen LogP contribution in [0.4, 0.5) is 0 Å². The van der Waals surface area contributed by atoms with Crippen LogP contribution in [0.1, 0.15) is 36.3 Å². The monoisotopic (exact) mass is 376 g/mol. The van der Waals surface area contributed by atoms with Crippen LogP contribution in [0.3, 0.4) is 0 Å². The minimum atomic E-state index is -0.447. The lowest BCUT2D eigenvalue weighted by atomic mass is 9.87. The lowest BCUT2D eigenvalue weighted by molar-refractivity contribution is -0.0234. The lowest BCUT2D eigenvalue weighted by Gasteiger charge is -2.35. The number of fused-ring (bicyclic) bond motifs is 1.